The zero-order valence-corrected chi connectivity index (χ0v) is 11.5. The Labute approximate surface area is 115 Å². The van der Waals surface area contributed by atoms with Gasteiger partial charge >= 0.3 is 5.97 Å². The molecule has 2 heterocycles. The van der Waals surface area contributed by atoms with E-state index in [1.54, 1.807) is 12.3 Å². The van der Waals surface area contributed by atoms with Crippen LogP contribution in [0.2, 0.25) is 0 Å². The third-order valence-electron chi connectivity index (χ3n) is 3.65. The smallest absolute Gasteiger partial charge is 0.352 e. The van der Waals surface area contributed by atoms with E-state index in [0.29, 0.717) is 10.9 Å². The van der Waals surface area contributed by atoms with Crippen LogP contribution >= 0.6 is 11.8 Å². The minimum Gasteiger partial charge on any atom is -0.477 e. The maximum absolute atomic E-state index is 11.4. The standard InChI is InChI=1S/C13H15N3O2S/c1-19-13-14-7-8-6-10(12(17)18)16(11(8)15-13)9-4-2-3-5-9/h6-7,9H,2-5H2,1H3,(H,17,18). The Balaban J connectivity index is 2.23. The summed E-state index contributed by atoms with van der Waals surface area (Å²) in [5.74, 6) is -0.893. The molecule has 0 bridgehead atoms. The highest BCUT2D eigenvalue weighted by Gasteiger charge is 2.25. The van der Waals surface area contributed by atoms with Crippen LogP contribution in [0.25, 0.3) is 11.0 Å². The molecule has 1 aliphatic rings. The fourth-order valence-corrected chi connectivity index (χ4v) is 3.12. The van der Waals surface area contributed by atoms with Gasteiger partial charge in [0.1, 0.15) is 11.3 Å². The SMILES string of the molecule is CSc1ncc2cc(C(=O)O)n(C3CCCC3)c2n1. The normalized spacial score (nSPS) is 16.3. The van der Waals surface area contributed by atoms with Gasteiger partial charge in [-0.1, -0.05) is 24.6 Å². The number of rotatable bonds is 3. The molecule has 19 heavy (non-hydrogen) atoms. The summed E-state index contributed by atoms with van der Waals surface area (Å²) in [5.41, 5.74) is 1.08. The highest BCUT2D eigenvalue weighted by Crippen LogP contribution is 2.34. The number of hydrogen-bond acceptors (Lipinski definition) is 4. The van der Waals surface area contributed by atoms with Gasteiger partial charge in [0.2, 0.25) is 0 Å². The summed E-state index contributed by atoms with van der Waals surface area (Å²) in [5, 5.41) is 10.9. The Bertz CT molecular complexity index is 632. The highest BCUT2D eigenvalue weighted by atomic mass is 32.2. The lowest BCUT2D eigenvalue weighted by Crippen LogP contribution is -2.13. The molecule has 0 saturated heterocycles. The lowest BCUT2D eigenvalue weighted by molar-refractivity contribution is 0.0683. The summed E-state index contributed by atoms with van der Waals surface area (Å²) in [6.07, 6.45) is 8.01. The molecule has 0 atom stereocenters. The van der Waals surface area contributed by atoms with Crippen molar-refractivity contribution in [1.29, 1.82) is 0 Å². The second-order valence-corrected chi connectivity index (χ2v) is 5.55. The molecule has 0 aromatic carbocycles. The molecule has 100 valence electrons. The molecule has 1 aliphatic carbocycles. The van der Waals surface area contributed by atoms with Crippen molar-refractivity contribution >= 4 is 28.8 Å². The number of carbonyl (C=O) groups is 1. The second kappa shape index (κ2) is 4.85. The van der Waals surface area contributed by atoms with Crippen molar-refractivity contribution in [2.45, 2.75) is 36.9 Å². The molecule has 1 fully saturated rings. The van der Waals surface area contributed by atoms with Gasteiger partial charge in [-0.3, -0.25) is 0 Å². The predicted molar refractivity (Wildman–Crippen MR) is 73.8 cm³/mol. The Morgan fingerprint density at radius 2 is 2.21 bits per heavy atom. The molecule has 5 nitrogen and oxygen atoms in total. The minimum absolute atomic E-state index is 0.258. The van der Waals surface area contributed by atoms with Crippen LogP contribution in [0.15, 0.2) is 17.4 Å². The average molecular weight is 277 g/mol. The van der Waals surface area contributed by atoms with Crippen LogP contribution in [0, 0.1) is 0 Å². The fourth-order valence-electron chi connectivity index (χ4n) is 2.79. The van der Waals surface area contributed by atoms with Gasteiger partial charge in [-0.15, -0.1) is 0 Å². The van der Waals surface area contributed by atoms with Gasteiger partial charge in [0.25, 0.3) is 0 Å². The monoisotopic (exact) mass is 277 g/mol. The molecule has 3 rings (SSSR count). The van der Waals surface area contributed by atoms with Crippen LogP contribution in [-0.4, -0.2) is 31.9 Å². The number of hydrogen-bond donors (Lipinski definition) is 1. The van der Waals surface area contributed by atoms with E-state index >= 15 is 0 Å². The molecule has 0 amide bonds. The summed E-state index contributed by atoms with van der Waals surface area (Å²) in [7, 11) is 0. The third-order valence-corrected chi connectivity index (χ3v) is 4.21. The number of thioether (sulfide) groups is 1. The average Bonchev–Trinajstić information content (AvgIpc) is 3.04. The van der Waals surface area contributed by atoms with Crippen LogP contribution < -0.4 is 0 Å². The van der Waals surface area contributed by atoms with Crippen molar-refractivity contribution in [3.8, 4) is 0 Å². The van der Waals surface area contributed by atoms with E-state index in [1.807, 2.05) is 10.8 Å². The van der Waals surface area contributed by atoms with Crippen molar-refractivity contribution in [3.63, 3.8) is 0 Å². The van der Waals surface area contributed by atoms with Gasteiger partial charge in [0.05, 0.1) is 0 Å². The topological polar surface area (TPSA) is 68.0 Å². The third kappa shape index (κ3) is 2.10. The van der Waals surface area contributed by atoms with E-state index < -0.39 is 5.97 Å². The van der Waals surface area contributed by atoms with E-state index in [2.05, 4.69) is 9.97 Å². The van der Waals surface area contributed by atoms with Crippen LogP contribution in [0.1, 0.15) is 42.2 Å². The lowest BCUT2D eigenvalue weighted by atomic mass is 10.2. The van der Waals surface area contributed by atoms with Crippen LogP contribution in [0.5, 0.6) is 0 Å². The summed E-state index contributed by atoms with van der Waals surface area (Å²) < 4.78 is 1.89. The Hall–Kier alpha value is -1.56. The van der Waals surface area contributed by atoms with Crippen molar-refractivity contribution in [2.75, 3.05) is 6.26 Å². The first kappa shape index (κ1) is 12.5. The Morgan fingerprint density at radius 3 is 2.84 bits per heavy atom. The molecule has 1 saturated carbocycles. The molecular formula is C13H15N3O2S. The zero-order valence-electron chi connectivity index (χ0n) is 10.7. The first-order valence-corrected chi connectivity index (χ1v) is 7.58. The molecular weight excluding hydrogens is 262 g/mol. The van der Waals surface area contributed by atoms with E-state index in [4.69, 9.17) is 0 Å². The fraction of sp³-hybridized carbons (Fsp3) is 0.462. The Morgan fingerprint density at radius 1 is 1.47 bits per heavy atom. The van der Waals surface area contributed by atoms with Crippen molar-refractivity contribution in [2.24, 2.45) is 0 Å². The summed E-state index contributed by atoms with van der Waals surface area (Å²) in [6.45, 7) is 0. The van der Waals surface area contributed by atoms with Crippen LogP contribution in [-0.2, 0) is 0 Å². The molecule has 0 spiro atoms. The van der Waals surface area contributed by atoms with Crippen molar-refractivity contribution in [1.82, 2.24) is 14.5 Å². The van der Waals surface area contributed by atoms with Crippen LogP contribution in [0.3, 0.4) is 0 Å². The number of carboxylic acid groups (broad SMARTS) is 1. The predicted octanol–water partition coefficient (Wildman–Crippen LogP) is 2.97. The van der Waals surface area contributed by atoms with Gasteiger partial charge in [-0.2, -0.15) is 0 Å². The number of nitrogens with zero attached hydrogens (tertiary/aromatic N) is 3. The summed E-state index contributed by atoms with van der Waals surface area (Å²) in [6, 6.07) is 1.94. The number of aromatic carboxylic acids is 1. The van der Waals surface area contributed by atoms with Gasteiger partial charge in [-0.25, -0.2) is 14.8 Å². The van der Waals surface area contributed by atoms with E-state index in [-0.39, 0.29) is 6.04 Å². The van der Waals surface area contributed by atoms with E-state index in [1.165, 1.54) is 11.8 Å². The van der Waals surface area contributed by atoms with Gasteiger partial charge in [-0.05, 0) is 25.2 Å². The summed E-state index contributed by atoms with van der Waals surface area (Å²) in [4.78, 5) is 20.1. The Kier molecular flexibility index (Phi) is 3.18. The molecule has 2 aromatic heterocycles. The van der Waals surface area contributed by atoms with Crippen molar-refractivity contribution < 1.29 is 9.90 Å². The zero-order chi connectivity index (χ0) is 13.4. The van der Waals surface area contributed by atoms with Gasteiger partial charge in [0.15, 0.2) is 5.16 Å². The van der Waals surface area contributed by atoms with E-state index in [9.17, 15) is 9.90 Å². The molecule has 2 aromatic rings. The maximum Gasteiger partial charge on any atom is 0.352 e. The largest absolute Gasteiger partial charge is 0.477 e. The lowest BCUT2D eigenvalue weighted by Gasteiger charge is -2.15. The highest BCUT2D eigenvalue weighted by molar-refractivity contribution is 7.98. The second-order valence-electron chi connectivity index (χ2n) is 4.78. The molecule has 0 aliphatic heterocycles. The van der Waals surface area contributed by atoms with Gasteiger partial charge in [0, 0.05) is 17.6 Å². The number of aromatic nitrogens is 3. The number of fused-ring (bicyclic) bond motifs is 1. The van der Waals surface area contributed by atoms with Crippen molar-refractivity contribution in [3.05, 3.63) is 18.0 Å². The molecule has 0 unspecified atom stereocenters. The van der Waals surface area contributed by atoms with E-state index in [0.717, 1.165) is 36.7 Å². The molecule has 6 heteroatoms. The van der Waals surface area contributed by atoms with Crippen LogP contribution in [0.4, 0.5) is 0 Å². The first-order valence-electron chi connectivity index (χ1n) is 6.36. The first-order chi connectivity index (χ1) is 9.20. The maximum atomic E-state index is 11.4. The molecule has 0 radical (unpaired) electrons. The number of carboxylic acids is 1. The quantitative estimate of drug-likeness (QED) is 0.690. The molecule has 1 N–H and O–H groups in total. The minimum atomic E-state index is -0.893. The van der Waals surface area contributed by atoms with Gasteiger partial charge < -0.3 is 9.67 Å². The summed E-state index contributed by atoms with van der Waals surface area (Å²) >= 11 is 1.47.